The lowest BCUT2D eigenvalue weighted by atomic mass is 9.82. The number of hydrogen-bond acceptors (Lipinski definition) is 5. The van der Waals surface area contributed by atoms with E-state index in [4.69, 9.17) is 28.2 Å². The summed E-state index contributed by atoms with van der Waals surface area (Å²) in [4.78, 5) is 12.8. The molecule has 0 aliphatic carbocycles. The van der Waals surface area contributed by atoms with Crippen molar-refractivity contribution in [3.05, 3.63) is 40.1 Å². The number of nitrogens with zero attached hydrogens (tertiary/aromatic N) is 3. The third kappa shape index (κ3) is 4.21. The predicted octanol–water partition coefficient (Wildman–Crippen LogP) is 5.67. The van der Waals surface area contributed by atoms with E-state index in [2.05, 4.69) is 22.2 Å². The van der Waals surface area contributed by atoms with Crippen LogP contribution in [-0.4, -0.2) is 40.0 Å². The summed E-state index contributed by atoms with van der Waals surface area (Å²) in [6.07, 6.45) is 8.19. The van der Waals surface area contributed by atoms with Crippen molar-refractivity contribution in [1.29, 1.82) is 0 Å². The summed E-state index contributed by atoms with van der Waals surface area (Å²) in [5.74, 6) is 0.863. The lowest BCUT2D eigenvalue weighted by Gasteiger charge is -2.47. The van der Waals surface area contributed by atoms with E-state index >= 15 is 0 Å². The highest BCUT2D eigenvalue weighted by Crippen LogP contribution is 2.37. The minimum absolute atomic E-state index is 0.478. The van der Waals surface area contributed by atoms with Crippen LogP contribution in [0.3, 0.4) is 0 Å². The lowest BCUT2D eigenvalue weighted by molar-refractivity contribution is 0.0608. The minimum atomic E-state index is 0.478. The maximum Gasteiger partial charge on any atom is 0.145 e. The Hall–Kier alpha value is -1.01. The van der Waals surface area contributed by atoms with Gasteiger partial charge in [0.15, 0.2) is 0 Å². The topological polar surface area (TPSA) is 41.1 Å². The molecule has 2 saturated heterocycles. The van der Waals surface area contributed by atoms with E-state index in [0.717, 1.165) is 21.4 Å². The second-order valence-corrected chi connectivity index (χ2v) is 9.33. The molecular weight excluding hydrogens is 399 g/mol. The molecule has 1 unspecified atom stereocenters. The van der Waals surface area contributed by atoms with Crippen LogP contribution in [0.25, 0.3) is 0 Å². The number of aryl methyl sites for hydroxylation is 1. The molecule has 2 fully saturated rings. The lowest BCUT2D eigenvalue weighted by Crippen LogP contribution is -2.52. The molecule has 1 N–H and O–H groups in total. The van der Waals surface area contributed by atoms with Gasteiger partial charge in [0.1, 0.15) is 10.8 Å². The quantitative estimate of drug-likeness (QED) is 0.686. The molecular formula is C20H24Cl2N4S. The van der Waals surface area contributed by atoms with Crippen molar-refractivity contribution in [2.45, 2.75) is 67.1 Å². The molecule has 3 atom stereocenters. The first kappa shape index (κ1) is 19.3. The predicted molar refractivity (Wildman–Crippen MR) is 113 cm³/mol. The fourth-order valence-electron chi connectivity index (χ4n) is 4.25. The van der Waals surface area contributed by atoms with Crippen molar-refractivity contribution in [1.82, 2.24) is 14.9 Å². The van der Waals surface area contributed by atoms with Crippen LogP contribution in [0, 0.1) is 6.92 Å². The molecule has 4 rings (SSSR count). The molecule has 0 amide bonds. The Bertz CT molecular complexity index is 818. The Morgan fingerprint density at radius 1 is 1.19 bits per heavy atom. The van der Waals surface area contributed by atoms with Crippen LogP contribution >= 0.6 is 35.0 Å². The Kier molecular flexibility index (Phi) is 5.83. The van der Waals surface area contributed by atoms with Gasteiger partial charge in [0.05, 0.1) is 21.9 Å². The highest BCUT2D eigenvalue weighted by atomic mass is 35.5. The third-order valence-electron chi connectivity index (χ3n) is 5.72. The normalized spacial score (nSPS) is 25.4. The number of aromatic nitrogens is 2. The first-order valence-electron chi connectivity index (χ1n) is 9.45. The number of nitrogens with one attached hydrogen (secondary N) is 1. The van der Waals surface area contributed by atoms with Crippen LogP contribution < -0.4 is 5.32 Å². The monoisotopic (exact) mass is 422 g/mol. The zero-order valence-electron chi connectivity index (χ0n) is 15.6. The maximum absolute atomic E-state index is 6.30. The van der Waals surface area contributed by atoms with Gasteiger partial charge < -0.3 is 10.2 Å². The number of halogens is 2. The van der Waals surface area contributed by atoms with Crippen molar-refractivity contribution >= 4 is 40.8 Å². The van der Waals surface area contributed by atoms with Crippen LogP contribution in [-0.2, 0) is 0 Å². The number of piperidine rings is 2. The molecule has 3 heterocycles. The van der Waals surface area contributed by atoms with Crippen LogP contribution in [0.1, 0.15) is 37.8 Å². The summed E-state index contributed by atoms with van der Waals surface area (Å²) in [5, 5.41) is 5.59. The van der Waals surface area contributed by atoms with Crippen molar-refractivity contribution in [3.63, 3.8) is 0 Å². The van der Waals surface area contributed by atoms with Crippen molar-refractivity contribution in [2.75, 3.05) is 12.4 Å². The van der Waals surface area contributed by atoms with Gasteiger partial charge in [-0.3, -0.25) is 0 Å². The highest BCUT2D eigenvalue weighted by Gasteiger charge is 2.36. The van der Waals surface area contributed by atoms with E-state index < -0.39 is 0 Å². The van der Waals surface area contributed by atoms with Gasteiger partial charge in [0, 0.05) is 23.0 Å². The fraction of sp³-hybridized carbons (Fsp3) is 0.500. The van der Waals surface area contributed by atoms with E-state index in [-0.39, 0.29) is 0 Å². The van der Waals surface area contributed by atoms with Gasteiger partial charge in [-0.05, 0) is 51.8 Å². The van der Waals surface area contributed by atoms with Crippen LogP contribution in [0.2, 0.25) is 10.0 Å². The van der Waals surface area contributed by atoms with Gasteiger partial charge in [0.2, 0.25) is 0 Å². The Labute approximate surface area is 175 Å². The molecule has 2 aliphatic heterocycles. The summed E-state index contributed by atoms with van der Waals surface area (Å²) in [6.45, 7) is 1.99. The zero-order chi connectivity index (χ0) is 19.0. The van der Waals surface area contributed by atoms with Crippen LogP contribution in [0.4, 0.5) is 5.82 Å². The number of benzene rings is 1. The zero-order valence-corrected chi connectivity index (χ0v) is 17.9. The molecule has 1 aromatic carbocycles. The van der Waals surface area contributed by atoms with Gasteiger partial charge in [-0.15, -0.1) is 0 Å². The summed E-state index contributed by atoms with van der Waals surface area (Å²) in [7, 11) is 2.28. The maximum atomic E-state index is 6.30. The van der Waals surface area contributed by atoms with Crippen LogP contribution in [0.5, 0.6) is 0 Å². The van der Waals surface area contributed by atoms with E-state index in [9.17, 15) is 0 Å². The fourth-order valence-corrected chi connectivity index (χ4v) is 5.58. The second kappa shape index (κ2) is 8.16. The molecule has 2 aromatic rings. The van der Waals surface area contributed by atoms with Crippen molar-refractivity contribution in [3.8, 4) is 0 Å². The Balaban J connectivity index is 1.45. The van der Waals surface area contributed by atoms with Gasteiger partial charge in [0.25, 0.3) is 0 Å². The highest BCUT2D eigenvalue weighted by molar-refractivity contribution is 7.99. The number of anilines is 1. The first-order valence-corrected chi connectivity index (χ1v) is 11.0. The van der Waals surface area contributed by atoms with Gasteiger partial charge >= 0.3 is 0 Å². The molecule has 2 bridgehead atoms. The second-order valence-electron chi connectivity index (χ2n) is 7.52. The Morgan fingerprint density at radius 3 is 2.63 bits per heavy atom. The first-order chi connectivity index (χ1) is 13.0. The number of fused-ring (bicyclic) bond motifs is 2. The largest absolute Gasteiger partial charge is 0.366 e. The molecule has 1 aromatic heterocycles. The summed E-state index contributed by atoms with van der Waals surface area (Å²) in [6, 6.07) is 7.50. The SMILES string of the molecule is Cc1nc(NC2C[C@H]3CCC[C@@H](C2)N3C)cnc1Sc1cccc(Cl)c1Cl. The van der Waals surface area contributed by atoms with Crippen molar-refractivity contribution in [2.24, 2.45) is 0 Å². The molecule has 7 heteroatoms. The third-order valence-corrected chi connectivity index (χ3v) is 7.80. The summed E-state index contributed by atoms with van der Waals surface area (Å²) >= 11 is 13.9. The molecule has 0 spiro atoms. The van der Waals surface area contributed by atoms with E-state index in [0.29, 0.717) is 28.2 Å². The number of rotatable bonds is 4. The van der Waals surface area contributed by atoms with Gasteiger partial charge in [-0.25, -0.2) is 9.97 Å². The average molecular weight is 423 g/mol. The average Bonchev–Trinajstić information content (AvgIpc) is 2.62. The number of hydrogen-bond donors (Lipinski definition) is 1. The molecule has 144 valence electrons. The summed E-state index contributed by atoms with van der Waals surface area (Å²) in [5.41, 5.74) is 0.897. The molecule has 4 nitrogen and oxygen atoms in total. The molecule has 2 aliphatic rings. The van der Waals surface area contributed by atoms with Crippen molar-refractivity contribution < 1.29 is 0 Å². The molecule has 27 heavy (non-hydrogen) atoms. The standard InChI is InChI=1S/C20H24Cl2N4S/c1-12-20(27-17-8-4-7-16(21)19(17)22)23-11-18(24-12)25-13-9-14-5-3-6-15(10-13)26(14)2/h4,7-8,11,13-15H,3,5-6,9-10H2,1-2H3,(H,24,25)/t13?,14-,15+. The minimum Gasteiger partial charge on any atom is -0.366 e. The van der Waals surface area contributed by atoms with Crippen LogP contribution in [0.15, 0.2) is 34.3 Å². The van der Waals surface area contributed by atoms with Gasteiger partial charge in [-0.2, -0.15) is 0 Å². The smallest absolute Gasteiger partial charge is 0.145 e. The molecule has 0 saturated carbocycles. The van der Waals surface area contributed by atoms with Gasteiger partial charge in [-0.1, -0.05) is 47.5 Å². The molecule has 0 radical (unpaired) electrons. The van der Waals surface area contributed by atoms with E-state index in [1.54, 1.807) is 6.07 Å². The summed E-state index contributed by atoms with van der Waals surface area (Å²) < 4.78 is 0. The Morgan fingerprint density at radius 2 is 1.93 bits per heavy atom. The van der Waals surface area contributed by atoms with E-state index in [1.807, 2.05) is 25.3 Å². The van der Waals surface area contributed by atoms with E-state index in [1.165, 1.54) is 43.9 Å².